The van der Waals surface area contributed by atoms with Gasteiger partial charge in [0.05, 0.1) is 13.2 Å². The number of methoxy groups -OCH3 is 1. The van der Waals surface area contributed by atoms with Gasteiger partial charge in [0, 0.05) is 11.5 Å². The maximum absolute atomic E-state index is 12.5. The van der Waals surface area contributed by atoms with Crippen molar-refractivity contribution in [3.63, 3.8) is 0 Å². The molecule has 7 nitrogen and oxygen atoms in total. The molecule has 2 aromatic rings. The zero-order chi connectivity index (χ0) is 20.4. The van der Waals surface area contributed by atoms with Crippen molar-refractivity contribution in [3.05, 3.63) is 53.7 Å². The fourth-order valence-electron chi connectivity index (χ4n) is 2.52. The Hall–Kier alpha value is -2.32. The summed E-state index contributed by atoms with van der Waals surface area (Å²) in [6.07, 6.45) is 3.97. The van der Waals surface area contributed by atoms with Crippen LogP contribution in [0.4, 0.5) is 0 Å². The molecule has 152 valence electrons. The zero-order valence-corrected chi connectivity index (χ0v) is 17.0. The number of nitrogens with zero attached hydrogens (tertiary/aromatic N) is 1. The number of hydrogen-bond donors (Lipinski definition) is 2. The third-order valence-corrected chi connectivity index (χ3v) is 5.23. The van der Waals surface area contributed by atoms with Gasteiger partial charge < -0.3 is 20.2 Å². The van der Waals surface area contributed by atoms with Crippen molar-refractivity contribution in [1.29, 1.82) is 0 Å². The quantitative estimate of drug-likeness (QED) is 0.553. The normalized spacial score (nSPS) is 13.0. The first-order valence-electron chi connectivity index (χ1n) is 9.26. The van der Waals surface area contributed by atoms with Gasteiger partial charge in [-0.25, -0.2) is 9.78 Å². The standard InChI is InChI=1S/C20H27N3O4S/c1-3-4-10-15(21)19-23-16(11-27-19)18(24)22-17(20(25)26-2)13-28-12-14-8-6-5-7-9-14/h5-9,11,15,17H,3-4,10,12-13,21H2,1-2H3,(H,22,24). The molecule has 28 heavy (non-hydrogen) atoms. The number of nitrogens with two attached hydrogens (primary N) is 1. The minimum atomic E-state index is -0.778. The second-order valence-corrected chi connectivity index (χ2v) is 7.40. The highest BCUT2D eigenvalue weighted by Gasteiger charge is 2.24. The minimum Gasteiger partial charge on any atom is -0.467 e. The third kappa shape index (κ3) is 6.69. The Morgan fingerprint density at radius 1 is 1.32 bits per heavy atom. The fourth-order valence-corrected chi connectivity index (χ4v) is 3.52. The summed E-state index contributed by atoms with van der Waals surface area (Å²) in [6.45, 7) is 2.07. The largest absolute Gasteiger partial charge is 0.467 e. The first-order valence-corrected chi connectivity index (χ1v) is 10.4. The van der Waals surface area contributed by atoms with Crippen LogP contribution in [0.5, 0.6) is 0 Å². The van der Waals surface area contributed by atoms with Crippen LogP contribution < -0.4 is 11.1 Å². The van der Waals surface area contributed by atoms with Gasteiger partial charge in [0.25, 0.3) is 5.91 Å². The fraction of sp³-hybridized carbons (Fsp3) is 0.450. The Balaban J connectivity index is 1.93. The average Bonchev–Trinajstić information content (AvgIpc) is 3.22. The number of unbranched alkanes of at least 4 members (excludes halogenated alkanes) is 1. The molecule has 1 aromatic heterocycles. The predicted molar refractivity (Wildman–Crippen MR) is 109 cm³/mol. The minimum absolute atomic E-state index is 0.101. The molecular weight excluding hydrogens is 378 g/mol. The van der Waals surface area contributed by atoms with Gasteiger partial charge in [-0.15, -0.1) is 0 Å². The molecule has 0 radical (unpaired) electrons. The van der Waals surface area contributed by atoms with Crippen LogP contribution in [0.2, 0.25) is 0 Å². The summed E-state index contributed by atoms with van der Waals surface area (Å²) in [5.74, 6) is 0.441. The SMILES string of the molecule is CCCCC(N)c1nc(C(=O)NC(CSCc2ccccc2)C(=O)OC)co1. The van der Waals surface area contributed by atoms with Gasteiger partial charge in [-0.3, -0.25) is 4.79 Å². The molecule has 0 fully saturated rings. The van der Waals surface area contributed by atoms with E-state index in [9.17, 15) is 9.59 Å². The molecule has 2 rings (SSSR count). The molecule has 1 heterocycles. The van der Waals surface area contributed by atoms with Crippen LogP contribution in [0.3, 0.4) is 0 Å². The Morgan fingerprint density at radius 3 is 2.75 bits per heavy atom. The maximum Gasteiger partial charge on any atom is 0.329 e. The molecule has 1 amide bonds. The number of carbonyl (C=O) groups excluding carboxylic acids is 2. The molecule has 0 spiro atoms. The van der Waals surface area contributed by atoms with Crippen LogP contribution in [0, 0.1) is 0 Å². The lowest BCUT2D eigenvalue weighted by molar-refractivity contribution is -0.142. The Labute approximate surface area is 169 Å². The third-order valence-electron chi connectivity index (χ3n) is 4.13. The van der Waals surface area contributed by atoms with E-state index in [0.717, 1.165) is 30.6 Å². The lowest BCUT2D eigenvalue weighted by atomic mass is 10.1. The number of hydrogen-bond acceptors (Lipinski definition) is 7. The van der Waals surface area contributed by atoms with Crippen molar-refractivity contribution in [2.24, 2.45) is 5.73 Å². The van der Waals surface area contributed by atoms with Crippen molar-refractivity contribution in [2.45, 2.75) is 44.0 Å². The molecular formula is C20H27N3O4S. The van der Waals surface area contributed by atoms with Crippen LogP contribution in [0.25, 0.3) is 0 Å². The van der Waals surface area contributed by atoms with Crippen molar-refractivity contribution in [1.82, 2.24) is 10.3 Å². The number of rotatable bonds is 11. The van der Waals surface area contributed by atoms with E-state index in [1.165, 1.54) is 25.1 Å². The molecule has 0 bridgehead atoms. The van der Waals surface area contributed by atoms with E-state index in [4.69, 9.17) is 14.9 Å². The highest BCUT2D eigenvalue weighted by Crippen LogP contribution is 2.17. The Morgan fingerprint density at radius 2 is 2.07 bits per heavy atom. The van der Waals surface area contributed by atoms with Crippen LogP contribution >= 0.6 is 11.8 Å². The number of oxazole rings is 1. The van der Waals surface area contributed by atoms with Gasteiger partial charge in [-0.2, -0.15) is 11.8 Å². The molecule has 0 aliphatic carbocycles. The monoisotopic (exact) mass is 405 g/mol. The summed E-state index contributed by atoms with van der Waals surface area (Å²) < 4.78 is 10.1. The van der Waals surface area contributed by atoms with Crippen LogP contribution in [-0.2, 0) is 15.3 Å². The summed E-state index contributed by atoms with van der Waals surface area (Å²) in [5, 5.41) is 2.67. The van der Waals surface area contributed by atoms with Gasteiger partial charge in [0.15, 0.2) is 5.69 Å². The average molecular weight is 406 g/mol. The lowest BCUT2D eigenvalue weighted by Gasteiger charge is -2.15. The summed E-state index contributed by atoms with van der Waals surface area (Å²) in [6, 6.07) is 8.77. The van der Waals surface area contributed by atoms with E-state index < -0.39 is 17.9 Å². The smallest absolute Gasteiger partial charge is 0.329 e. The molecule has 0 aliphatic rings. The van der Waals surface area contributed by atoms with Crippen LogP contribution in [0.15, 0.2) is 41.0 Å². The van der Waals surface area contributed by atoms with Crippen molar-refractivity contribution in [2.75, 3.05) is 12.9 Å². The van der Waals surface area contributed by atoms with Gasteiger partial charge in [0.2, 0.25) is 5.89 Å². The summed E-state index contributed by atoms with van der Waals surface area (Å²) in [7, 11) is 1.30. The zero-order valence-electron chi connectivity index (χ0n) is 16.2. The summed E-state index contributed by atoms with van der Waals surface area (Å²) >= 11 is 1.54. The second kappa shape index (κ2) is 11.5. The molecule has 2 atom stereocenters. The number of ether oxygens (including phenoxy) is 1. The van der Waals surface area contributed by atoms with E-state index in [2.05, 4.69) is 17.2 Å². The molecule has 1 aromatic carbocycles. The number of nitrogens with one attached hydrogen (secondary N) is 1. The molecule has 0 saturated heterocycles. The number of esters is 1. The van der Waals surface area contributed by atoms with Gasteiger partial charge in [-0.05, 0) is 12.0 Å². The number of thioether (sulfide) groups is 1. The molecule has 2 unspecified atom stereocenters. The number of aromatic nitrogens is 1. The van der Waals surface area contributed by atoms with E-state index in [0.29, 0.717) is 11.6 Å². The lowest BCUT2D eigenvalue weighted by Crippen LogP contribution is -2.43. The van der Waals surface area contributed by atoms with Gasteiger partial charge in [0.1, 0.15) is 12.3 Å². The Bertz CT molecular complexity index is 751. The van der Waals surface area contributed by atoms with Crippen molar-refractivity contribution in [3.8, 4) is 0 Å². The maximum atomic E-state index is 12.5. The highest BCUT2D eigenvalue weighted by atomic mass is 32.2. The first-order chi connectivity index (χ1) is 13.5. The Kier molecular flexibility index (Phi) is 9.03. The van der Waals surface area contributed by atoms with E-state index >= 15 is 0 Å². The topological polar surface area (TPSA) is 107 Å². The second-order valence-electron chi connectivity index (χ2n) is 6.37. The number of benzene rings is 1. The summed E-state index contributed by atoms with van der Waals surface area (Å²) in [4.78, 5) is 28.7. The van der Waals surface area contributed by atoms with Crippen molar-refractivity contribution >= 4 is 23.6 Å². The van der Waals surface area contributed by atoms with Gasteiger partial charge in [-0.1, -0.05) is 50.1 Å². The molecule has 0 saturated carbocycles. The molecule has 8 heteroatoms. The van der Waals surface area contributed by atoms with Crippen molar-refractivity contribution < 1.29 is 18.7 Å². The number of carbonyl (C=O) groups is 2. The molecule has 0 aliphatic heterocycles. The van der Waals surface area contributed by atoms with E-state index in [-0.39, 0.29) is 11.7 Å². The molecule has 3 N–H and O–H groups in total. The van der Waals surface area contributed by atoms with E-state index in [1.807, 2.05) is 30.3 Å². The van der Waals surface area contributed by atoms with E-state index in [1.54, 1.807) is 0 Å². The van der Waals surface area contributed by atoms with Crippen LogP contribution in [0.1, 0.15) is 54.2 Å². The predicted octanol–water partition coefficient (Wildman–Crippen LogP) is 3.07. The highest BCUT2D eigenvalue weighted by molar-refractivity contribution is 7.98. The number of amides is 1. The first kappa shape index (κ1) is 22.0. The summed E-state index contributed by atoms with van der Waals surface area (Å²) in [5.41, 5.74) is 7.27. The van der Waals surface area contributed by atoms with Gasteiger partial charge >= 0.3 is 5.97 Å². The van der Waals surface area contributed by atoms with Crippen LogP contribution in [-0.4, -0.2) is 35.8 Å².